The van der Waals surface area contributed by atoms with Crippen LogP contribution in [0, 0.1) is 5.82 Å². The molecule has 0 fully saturated rings. The van der Waals surface area contributed by atoms with Crippen LogP contribution in [0.2, 0.25) is 6.04 Å². The minimum absolute atomic E-state index is 0.0945. The Morgan fingerprint density at radius 1 is 1.16 bits per heavy atom. The molecule has 3 nitrogen and oxygen atoms in total. The van der Waals surface area contributed by atoms with Crippen molar-refractivity contribution in [3.05, 3.63) is 35.6 Å². The molecule has 0 bridgehead atoms. The standard InChI is InChI=1S/C14H23FO3Si/c1-11(2)17-19(16,18-12(3)4)9-8-13-6-5-7-14(15)10-13/h5-7,10-12,16H,8-9H2,1-4H3. The molecule has 1 aromatic rings. The molecule has 108 valence electrons. The number of benzene rings is 1. The molecule has 0 saturated heterocycles. The highest BCUT2D eigenvalue weighted by atomic mass is 28.4. The molecule has 0 aromatic heterocycles. The molecule has 1 rings (SSSR count). The lowest BCUT2D eigenvalue weighted by Crippen LogP contribution is -2.46. The summed E-state index contributed by atoms with van der Waals surface area (Å²) in [4.78, 5) is 10.5. The van der Waals surface area contributed by atoms with Gasteiger partial charge in [-0.15, -0.1) is 0 Å². The number of aryl methyl sites for hydroxylation is 1. The summed E-state index contributed by atoms with van der Waals surface area (Å²) >= 11 is 0. The molecule has 0 atom stereocenters. The lowest BCUT2D eigenvalue weighted by molar-refractivity contribution is 0.0478. The topological polar surface area (TPSA) is 38.7 Å². The van der Waals surface area contributed by atoms with Gasteiger partial charge in [-0.2, -0.15) is 0 Å². The summed E-state index contributed by atoms with van der Waals surface area (Å²) in [6.45, 7) is 7.46. The van der Waals surface area contributed by atoms with E-state index in [4.69, 9.17) is 8.85 Å². The Bertz CT molecular complexity index is 386. The molecular weight excluding hydrogens is 263 g/mol. The summed E-state index contributed by atoms with van der Waals surface area (Å²) in [6.07, 6.45) is 0.353. The van der Waals surface area contributed by atoms with Gasteiger partial charge in [0, 0.05) is 18.3 Å². The summed E-state index contributed by atoms with van der Waals surface area (Å²) in [5, 5.41) is 0. The van der Waals surface area contributed by atoms with E-state index in [0.717, 1.165) is 5.56 Å². The van der Waals surface area contributed by atoms with Crippen LogP contribution in [0.3, 0.4) is 0 Å². The average molecular weight is 286 g/mol. The smallest absolute Gasteiger partial charge is 0.390 e. The zero-order valence-corrected chi connectivity index (χ0v) is 13.0. The molecule has 0 saturated carbocycles. The predicted molar refractivity (Wildman–Crippen MR) is 75.3 cm³/mol. The van der Waals surface area contributed by atoms with Crippen molar-refractivity contribution < 1.29 is 18.0 Å². The van der Waals surface area contributed by atoms with E-state index in [2.05, 4.69) is 0 Å². The number of hydrogen-bond acceptors (Lipinski definition) is 3. The monoisotopic (exact) mass is 286 g/mol. The molecule has 0 spiro atoms. The summed E-state index contributed by atoms with van der Waals surface area (Å²) in [6, 6.07) is 6.77. The van der Waals surface area contributed by atoms with Crippen LogP contribution in [-0.4, -0.2) is 25.8 Å². The van der Waals surface area contributed by atoms with Crippen LogP contribution in [0.4, 0.5) is 4.39 Å². The van der Waals surface area contributed by atoms with Crippen LogP contribution in [-0.2, 0) is 15.3 Å². The fraction of sp³-hybridized carbons (Fsp3) is 0.571. The molecule has 0 radical (unpaired) electrons. The van der Waals surface area contributed by atoms with Crippen molar-refractivity contribution in [2.45, 2.75) is 52.4 Å². The van der Waals surface area contributed by atoms with E-state index in [1.54, 1.807) is 6.07 Å². The second kappa shape index (κ2) is 7.14. The zero-order chi connectivity index (χ0) is 14.5. The van der Waals surface area contributed by atoms with Gasteiger partial charge in [-0.1, -0.05) is 12.1 Å². The lowest BCUT2D eigenvalue weighted by Gasteiger charge is -2.28. The fourth-order valence-electron chi connectivity index (χ4n) is 1.88. The van der Waals surface area contributed by atoms with E-state index in [0.29, 0.717) is 12.5 Å². The quantitative estimate of drug-likeness (QED) is 0.783. The minimum atomic E-state index is -3.20. The number of hydrogen-bond donors (Lipinski definition) is 1. The third kappa shape index (κ3) is 6.29. The van der Waals surface area contributed by atoms with Crippen LogP contribution in [0.15, 0.2) is 24.3 Å². The van der Waals surface area contributed by atoms with E-state index in [-0.39, 0.29) is 18.0 Å². The molecule has 0 aliphatic rings. The summed E-state index contributed by atoms with van der Waals surface area (Å²) in [7, 11) is -3.20. The first-order valence-corrected chi connectivity index (χ1v) is 8.60. The van der Waals surface area contributed by atoms with Crippen molar-refractivity contribution in [2.24, 2.45) is 0 Å². The zero-order valence-electron chi connectivity index (χ0n) is 12.0. The summed E-state index contributed by atoms with van der Waals surface area (Å²) in [5.74, 6) is -0.266. The first kappa shape index (κ1) is 16.3. The van der Waals surface area contributed by atoms with E-state index in [1.807, 2.05) is 33.8 Å². The second-order valence-electron chi connectivity index (χ2n) is 5.18. The maximum atomic E-state index is 13.1. The third-order valence-corrected chi connectivity index (χ3v) is 5.02. The Hall–Kier alpha value is -0.753. The third-order valence-electron chi connectivity index (χ3n) is 2.46. The predicted octanol–water partition coefficient (Wildman–Crippen LogP) is 3.15. The maximum Gasteiger partial charge on any atom is 0.498 e. The Morgan fingerprint density at radius 2 is 1.74 bits per heavy atom. The van der Waals surface area contributed by atoms with E-state index >= 15 is 0 Å². The Labute approximate surface area is 115 Å². The van der Waals surface area contributed by atoms with Crippen molar-refractivity contribution in [1.82, 2.24) is 0 Å². The van der Waals surface area contributed by atoms with Crippen molar-refractivity contribution >= 4 is 8.80 Å². The van der Waals surface area contributed by atoms with Crippen LogP contribution in [0.25, 0.3) is 0 Å². The van der Waals surface area contributed by atoms with E-state index in [9.17, 15) is 9.19 Å². The normalized spacial score (nSPS) is 12.4. The molecule has 0 aliphatic carbocycles. The average Bonchev–Trinajstić information content (AvgIpc) is 2.24. The number of halogens is 1. The van der Waals surface area contributed by atoms with Gasteiger partial charge >= 0.3 is 8.80 Å². The SMILES string of the molecule is CC(C)O[Si](O)(CCc1cccc(F)c1)OC(C)C. The molecule has 0 unspecified atom stereocenters. The lowest BCUT2D eigenvalue weighted by atomic mass is 10.2. The van der Waals surface area contributed by atoms with Gasteiger partial charge in [-0.05, 0) is 51.8 Å². The van der Waals surface area contributed by atoms with Crippen molar-refractivity contribution in [1.29, 1.82) is 0 Å². The molecule has 1 N–H and O–H groups in total. The highest BCUT2D eigenvalue weighted by Gasteiger charge is 2.38. The maximum absolute atomic E-state index is 13.1. The molecular formula is C14H23FO3Si. The largest absolute Gasteiger partial charge is 0.498 e. The Kier molecular flexibility index (Phi) is 6.13. The minimum Gasteiger partial charge on any atom is -0.390 e. The van der Waals surface area contributed by atoms with Crippen LogP contribution < -0.4 is 0 Å². The molecule has 19 heavy (non-hydrogen) atoms. The summed E-state index contributed by atoms with van der Waals surface area (Å²) < 4.78 is 24.3. The van der Waals surface area contributed by atoms with Gasteiger partial charge in [0.15, 0.2) is 0 Å². The van der Waals surface area contributed by atoms with Crippen LogP contribution in [0.1, 0.15) is 33.3 Å². The van der Waals surface area contributed by atoms with E-state index in [1.165, 1.54) is 12.1 Å². The Morgan fingerprint density at radius 3 is 2.21 bits per heavy atom. The second-order valence-corrected chi connectivity index (χ2v) is 7.57. The van der Waals surface area contributed by atoms with Crippen molar-refractivity contribution in [3.63, 3.8) is 0 Å². The van der Waals surface area contributed by atoms with Gasteiger partial charge < -0.3 is 13.6 Å². The highest BCUT2D eigenvalue weighted by Crippen LogP contribution is 2.18. The molecule has 0 heterocycles. The van der Waals surface area contributed by atoms with Gasteiger partial charge in [0.1, 0.15) is 5.82 Å². The highest BCUT2D eigenvalue weighted by molar-refractivity contribution is 6.59. The number of rotatable bonds is 7. The molecule has 0 aliphatic heterocycles. The van der Waals surface area contributed by atoms with Gasteiger partial charge in [-0.25, -0.2) is 4.39 Å². The van der Waals surface area contributed by atoms with Crippen LogP contribution in [0.5, 0.6) is 0 Å². The first-order chi connectivity index (χ1) is 8.81. The summed E-state index contributed by atoms with van der Waals surface area (Å²) in [5.41, 5.74) is 0.839. The van der Waals surface area contributed by atoms with E-state index < -0.39 is 8.80 Å². The van der Waals surface area contributed by atoms with Crippen molar-refractivity contribution in [2.75, 3.05) is 0 Å². The van der Waals surface area contributed by atoms with Gasteiger partial charge in [0.25, 0.3) is 0 Å². The first-order valence-electron chi connectivity index (χ1n) is 6.63. The van der Waals surface area contributed by atoms with Gasteiger partial charge in [0.2, 0.25) is 0 Å². The Balaban J connectivity index is 2.67. The van der Waals surface area contributed by atoms with Crippen molar-refractivity contribution in [3.8, 4) is 0 Å². The van der Waals surface area contributed by atoms with Crippen LogP contribution >= 0.6 is 0 Å². The molecule has 1 aromatic carbocycles. The molecule has 0 amide bonds. The fourth-order valence-corrected chi connectivity index (χ4v) is 4.25. The van der Waals surface area contributed by atoms with Gasteiger partial charge in [-0.3, -0.25) is 0 Å². The molecule has 5 heteroatoms. The van der Waals surface area contributed by atoms with Gasteiger partial charge in [0.05, 0.1) is 0 Å².